The molecule has 0 amide bonds. The van der Waals surface area contributed by atoms with Gasteiger partial charge in [0.1, 0.15) is 5.82 Å². The van der Waals surface area contributed by atoms with Crippen LogP contribution in [0.4, 0.5) is 13.2 Å². The maximum absolute atomic E-state index is 12.7. The second-order valence-corrected chi connectivity index (χ2v) is 5.00. The van der Waals surface area contributed by atoms with Gasteiger partial charge < -0.3 is 0 Å². The molecule has 0 radical (unpaired) electrons. The summed E-state index contributed by atoms with van der Waals surface area (Å²) in [6, 6.07) is 1.86. The summed E-state index contributed by atoms with van der Waals surface area (Å²) in [7, 11) is 0. The van der Waals surface area contributed by atoms with Crippen molar-refractivity contribution in [1.82, 2.24) is 19.3 Å². The molecule has 0 saturated carbocycles. The lowest BCUT2D eigenvalue weighted by Crippen LogP contribution is -2.27. The van der Waals surface area contributed by atoms with Crippen molar-refractivity contribution in [1.29, 1.82) is 0 Å². The van der Waals surface area contributed by atoms with E-state index >= 15 is 0 Å². The standard InChI is InChI=1S/C13H13F3N4O/c14-13(15,16)9-4-5-17-10(7-9)8-20-12(21)19-6-2-1-3-11(19)18-20/h4-5,7H,1-3,6,8H2. The third-order valence-electron chi connectivity index (χ3n) is 3.49. The van der Waals surface area contributed by atoms with Crippen LogP contribution in [0.3, 0.4) is 0 Å². The van der Waals surface area contributed by atoms with Crippen molar-refractivity contribution < 1.29 is 13.2 Å². The summed E-state index contributed by atoms with van der Waals surface area (Å²) in [5.41, 5.74) is -0.893. The molecule has 0 spiro atoms. The summed E-state index contributed by atoms with van der Waals surface area (Å²) in [5, 5.41) is 4.18. The number of rotatable bonds is 2. The van der Waals surface area contributed by atoms with Gasteiger partial charge in [0.05, 0.1) is 17.8 Å². The summed E-state index contributed by atoms with van der Waals surface area (Å²) in [6.07, 6.45) is -0.716. The highest BCUT2D eigenvalue weighted by molar-refractivity contribution is 5.19. The summed E-state index contributed by atoms with van der Waals surface area (Å²) >= 11 is 0. The van der Waals surface area contributed by atoms with Gasteiger partial charge in [-0.15, -0.1) is 0 Å². The first-order valence-electron chi connectivity index (χ1n) is 6.64. The summed E-state index contributed by atoms with van der Waals surface area (Å²) in [6.45, 7) is 0.562. The lowest BCUT2D eigenvalue weighted by molar-refractivity contribution is -0.137. The molecule has 0 fully saturated rings. The Morgan fingerprint density at radius 1 is 1.29 bits per heavy atom. The van der Waals surface area contributed by atoms with Crippen LogP contribution < -0.4 is 5.69 Å². The first-order valence-corrected chi connectivity index (χ1v) is 6.64. The predicted molar refractivity (Wildman–Crippen MR) is 67.8 cm³/mol. The van der Waals surface area contributed by atoms with Gasteiger partial charge in [0, 0.05) is 19.2 Å². The second-order valence-electron chi connectivity index (χ2n) is 5.00. The van der Waals surface area contributed by atoms with Crippen LogP contribution in [0, 0.1) is 0 Å². The van der Waals surface area contributed by atoms with Gasteiger partial charge in [-0.3, -0.25) is 9.55 Å². The Morgan fingerprint density at radius 2 is 2.10 bits per heavy atom. The van der Waals surface area contributed by atoms with E-state index in [1.165, 1.54) is 4.68 Å². The minimum absolute atomic E-state index is 0.0528. The maximum atomic E-state index is 12.7. The Kier molecular flexibility index (Phi) is 3.30. The maximum Gasteiger partial charge on any atom is 0.416 e. The molecule has 0 N–H and O–H groups in total. The van der Waals surface area contributed by atoms with E-state index in [1.54, 1.807) is 4.57 Å². The molecule has 0 atom stereocenters. The molecule has 0 aliphatic carbocycles. The number of pyridine rings is 1. The highest BCUT2D eigenvalue weighted by atomic mass is 19.4. The van der Waals surface area contributed by atoms with E-state index in [0.717, 1.165) is 37.6 Å². The largest absolute Gasteiger partial charge is 0.416 e. The van der Waals surface area contributed by atoms with Gasteiger partial charge in [-0.2, -0.15) is 18.3 Å². The first-order chi connectivity index (χ1) is 9.95. The summed E-state index contributed by atoms with van der Waals surface area (Å²) in [4.78, 5) is 16.0. The van der Waals surface area contributed by atoms with Crippen molar-refractivity contribution in [2.45, 2.75) is 38.5 Å². The quantitative estimate of drug-likeness (QED) is 0.850. The Balaban J connectivity index is 1.91. The molecule has 2 aromatic rings. The van der Waals surface area contributed by atoms with Crippen LogP contribution in [0.2, 0.25) is 0 Å². The zero-order valence-electron chi connectivity index (χ0n) is 11.1. The molecule has 21 heavy (non-hydrogen) atoms. The van der Waals surface area contributed by atoms with Gasteiger partial charge in [0.15, 0.2) is 0 Å². The van der Waals surface area contributed by atoms with Crippen LogP contribution >= 0.6 is 0 Å². The van der Waals surface area contributed by atoms with Gasteiger partial charge in [-0.1, -0.05) is 0 Å². The van der Waals surface area contributed by atoms with Crippen LogP contribution in [0.1, 0.15) is 29.9 Å². The molecule has 8 heteroatoms. The zero-order chi connectivity index (χ0) is 15.0. The Bertz CT molecular complexity index is 717. The SMILES string of the molecule is O=c1n(Cc2cc(C(F)(F)F)ccn2)nc2n1CCCC2. The fourth-order valence-corrected chi connectivity index (χ4v) is 2.45. The van der Waals surface area contributed by atoms with Crippen LogP contribution in [-0.2, 0) is 25.7 Å². The van der Waals surface area contributed by atoms with Gasteiger partial charge >= 0.3 is 11.9 Å². The minimum atomic E-state index is -4.42. The number of nitrogens with zero attached hydrogens (tertiary/aromatic N) is 4. The van der Waals surface area contributed by atoms with Crippen molar-refractivity contribution in [2.75, 3.05) is 0 Å². The Labute approximate surface area is 118 Å². The highest BCUT2D eigenvalue weighted by Crippen LogP contribution is 2.29. The van der Waals surface area contributed by atoms with Crippen molar-refractivity contribution in [2.24, 2.45) is 0 Å². The van der Waals surface area contributed by atoms with E-state index in [-0.39, 0.29) is 17.9 Å². The number of fused-ring (bicyclic) bond motifs is 1. The van der Waals surface area contributed by atoms with E-state index in [9.17, 15) is 18.0 Å². The number of aryl methyl sites for hydroxylation is 1. The minimum Gasteiger partial charge on any atom is -0.279 e. The van der Waals surface area contributed by atoms with Crippen molar-refractivity contribution in [3.63, 3.8) is 0 Å². The smallest absolute Gasteiger partial charge is 0.279 e. The number of aromatic nitrogens is 4. The predicted octanol–water partition coefficient (Wildman–Crippen LogP) is 1.84. The van der Waals surface area contributed by atoms with Crippen molar-refractivity contribution in [3.05, 3.63) is 45.9 Å². The number of hydrogen-bond acceptors (Lipinski definition) is 3. The topological polar surface area (TPSA) is 52.7 Å². The van der Waals surface area contributed by atoms with E-state index in [2.05, 4.69) is 10.1 Å². The van der Waals surface area contributed by atoms with E-state index < -0.39 is 11.7 Å². The molecule has 112 valence electrons. The molecule has 0 bridgehead atoms. The average Bonchev–Trinajstić information content (AvgIpc) is 2.75. The van der Waals surface area contributed by atoms with Crippen LogP contribution in [0.15, 0.2) is 23.1 Å². The molecular weight excluding hydrogens is 285 g/mol. The third kappa shape index (κ3) is 2.70. The molecule has 0 unspecified atom stereocenters. The van der Waals surface area contributed by atoms with Crippen LogP contribution in [-0.4, -0.2) is 19.3 Å². The number of alkyl halides is 3. The number of hydrogen-bond donors (Lipinski definition) is 0. The lowest BCUT2D eigenvalue weighted by Gasteiger charge is -2.09. The zero-order valence-corrected chi connectivity index (χ0v) is 11.1. The van der Waals surface area contributed by atoms with Crippen LogP contribution in [0.25, 0.3) is 0 Å². The Morgan fingerprint density at radius 3 is 2.81 bits per heavy atom. The number of halogens is 3. The summed E-state index contributed by atoms with van der Waals surface area (Å²) in [5.74, 6) is 0.693. The molecule has 3 rings (SSSR count). The van der Waals surface area contributed by atoms with Crippen LogP contribution in [0.5, 0.6) is 0 Å². The van der Waals surface area contributed by atoms with Crippen molar-refractivity contribution >= 4 is 0 Å². The summed E-state index contributed by atoms with van der Waals surface area (Å²) < 4.78 is 40.7. The fraction of sp³-hybridized carbons (Fsp3) is 0.462. The molecule has 1 aliphatic heterocycles. The molecule has 0 aromatic carbocycles. The second kappa shape index (κ2) is 5.01. The van der Waals surface area contributed by atoms with Gasteiger partial charge in [0.2, 0.25) is 0 Å². The molecular formula is C13H13F3N4O. The lowest BCUT2D eigenvalue weighted by atomic mass is 10.2. The molecule has 3 heterocycles. The van der Waals surface area contributed by atoms with E-state index in [0.29, 0.717) is 12.4 Å². The highest BCUT2D eigenvalue weighted by Gasteiger charge is 2.30. The van der Waals surface area contributed by atoms with Gasteiger partial charge in [0.25, 0.3) is 0 Å². The third-order valence-corrected chi connectivity index (χ3v) is 3.49. The Hall–Kier alpha value is -2.12. The van der Waals surface area contributed by atoms with Gasteiger partial charge in [-0.25, -0.2) is 9.48 Å². The molecule has 2 aromatic heterocycles. The molecule has 1 aliphatic rings. The first kappa shape index (κ1) is 13.8. The van der Waals surface area contributed by atoms with Crippen molar-refractivity contribution in [3.8, 4) is 0 Å². The van der Waals surface area contributed by atoms with E-state index in [1.807, 2.05) is 0 Å². The van der Waals surface area contributed by atoms with E-state index in [4.69, 9.17) is 0 Å². The monoisotopic (exact) mass is 298 g/mol. The fourth-order valence-electron chi connectivity index (χ4n) is 2.45. The average molecular weight is 298 g/mol. The molecule has 5 nitrogen and oxygen atoms in total. The normalized spacial score (nSPS) is 15.0. The van der Waals surface area contributed by atoms with Gasteiger partial charge in [-0.05, 0) is 25.0 Å². The molecule has 0 saturated heterocycles.